The molecule has 1 amide bonds. The molecular weight excluding hydrogens is 490 g/mol. The van der Waals surface area contributed by atoms with E-state index in [2.05, 4.69) is 0 Å². The van der Waals surface area contributed by atoms with E-state index in [1.807, 2.05) is 13.8 Å². The fourth-order valence-electron chi connectivity index (χ4n) is 4.07. The average Bonchev–Trinajstić information content (AvgIpc) is 3.12. The van der Waals surface area contributed by atoms with Crippen LogP contribution in [-0.2, 0) is 15.8 Å². The first-order valence-electron chi connectivity index (χ1n) is 11.4. The maximum absolute atomic E-state index is 15.0. The molecule has 9 heteroatoms. The van der Waals surface area contributed by atoms with E-state index in [0.29, 0.717) is 18.4 Å². The van der Waals surface area contributed by atoms with Gasteiger partial charge in [-0.25, -0.2) is 4.39 Å². The summed E-state index contributed by atoms with van der Waals surface area (Å²) in [5.74, 6) is -3.14. The van der Waals surface area contributed by atoms with Crippen molar-refractivity contribution in [3.05, 3.63) is 101 Å². The molecule has 1 aliphatic rings. The number of alkyl halides is 3. The largest absolute Gasteiger partial charge is 0.507 e. The number of aliphatic hydroxyl groups is 1. The molecular formula is C28H23F4NO4. The van der Waals surface area contributed by atoms with Crippen molar-refractivity contribution < 1.29 is 37.0 Å². The van der Waals surface area contributed by atoms with Crippen molar-refractivity contribution in [2.45, 2.75) is 26.1 Å². The number of anilines is 1. The Labute approximate surface area is 210 Å². The lowest BCUT2D eigenvalue weighted by Gasteiger charge is -2.26. The predicted octanol–water partition coefficient (Wildman–Crippen LogP) is 6.51. The van der Waals surface area contributed by atoms with E-state index < -0.39 is 46.6 Å². The van der Waals surface area contributed by atoms with Gasteiger partial charge in [0.15, 0.2) is 0 Å². The van der Waals surface area contributed by atoms with Gasteiger partial charge in [0.05, 0.1) is 23.8 Å². The molecule has 0 radical (unpaired) electrons. The highest BCUT2D eigenvalue weighted by Gasteiger charge is 2.48. The Balaban J connectivity index is 1.90. The number of aliphatic hydroxyl groups excluding tert-OH is 1. The highest BCUT2D eigenvalue weighted by molar-refractivity contribution is 6.51. The van der Waals surface area contributed by atoms with Crippen molar-refractivity contribution in [1.82, 2.24) is 0 Å². The molecule has 1 aliphatic heterocycles. The van der Waals surface area contributed by atoms with Crippen molar-refractivity contribution in [3.63, 3.8) is 0 Å². The van der Waals surface area contributed by atoms with Gasteiger partial charge in [-0.3, -0.25) is 14.5 Å². The van der Waals surface area contributed by atoms with Crippen LogP contribution in [0.25, 0.3) is 5.76 Å². The lowest BCUT2D eigenvalue weighted by atomic mass is 9.94. The van der Waals surface area contributed by atoms with E-state index in [1.165, 1.54) is 36.4 Å². The van der Waals surface area contributed by atoms with Gasteiger partial charge < -0.3 is 9.84 Å². The van der Waals surface area contributed by atoms with Crippen LogP contribution in [0.15, 0.2) is 78.4 Å². The van der Waals surface area contributed by atoms with Crippen LogP contribution < -0.4 is 9.64 Å². The molecule has 37 heavy (non-hydrogen) atoms. The van der Waals surface area contributed by atoms with Crippen molar-refractivity contribution >= 4 is 23.1 Å². The molecule has 1 heterocycles. The molecule has 3 aromatic carbocycles. The summed E-state index contributed by atoms with van der Waals surface area (Å²) in [5, 5.41) is 11.2. The molecule has 0 bridgehead atoms. The smallest absolute Gasteiger partial charge is 0.416 e. The molecule has 1 atom stereocenters. The number of hydrogen-bond donors (Lipinski definition) is 1. The number of halogens is 4. The lowest BCUT2D eigenvalue weighted by Crippen LogP contribution is -2.30. The Morgan fingerprint density at radius 3 is 2.38 bits per heavy atom. The summed E-state index contributed by atoms with van der Waals surface area (Å²) in [7, 11) is 0. The second-order valence-electron chi connectivity index (χ2n) is 8.97. The Morgan fingerprint density at radius 2 is 1.70 bits per heavy atom. The SMILES string of the molecule is CC(C)COc1cccc(/C(O)=C2\C(=O)C(=O)N(c3cccc(C(F)(F)F)c3)C2c2ccccc2F)c1. The van der Waals surface area contributed by atoms with Crippen LogP contribution in [0.1, 0.15) is 36.6 Å². The normalized spacial score (nSPS) is 17.5. The first-order chi connectivity index (χ1) is 17.5. The molecule has 0 spiro atoms. The summed E-state index contributed by atoms with van der Waals surface area (Å²) in [6, 6.07) is 13.8. The van der Waals surface area contributed by atoms with Crippen molar-refractivity contribution in [3.8, 4) is 5.75 Å². The van der Waals surface area contributed by atoms with Crippen LogP contribution in [0.2, 0.25) is 0 Å². The number of amides is 1. The topological polar surface area (TPSA) is 66.8 Å². The molecule has 4 rings (SSSR count). The number of benzene rings is 3. The number of rotatable bonds is 6. The van der Waals surface area contributed by atoms with Crippen LogP contribution >= 0.6 is 0 Å². The number of Topliss-reactive ketones (excluding diaryl/α,β-unsaturated/α-hetero) is 1. The zero-order chi connectivity index (χ0) is 26.9. The Morgan fingerprint density at radius 1 is 1.00 bits per heavy atom. The summed E-state index contributed by atoms with van der Waals surface area (Å²) in [6.45, 7) is 4.29. The van der Waals surface area contributed by atoms with E-state index >= 15 is 0 Å². The number of nitrogens with zero attached hydrogens (tertiary/aromatic N) is 1. The average molecular weight is 513 g/mol. The molecule has 3 aromatic rings. The third-order valence-electron chi connectivity index (χ3n) is 5.79. The van der Waals surface area contributed by atoms with E-state index in [1.54, 1.807) is 12.1 Å². The Bertz CT molecular complexity index is 1380. The van der Waals surface area contributed by atoms with Gasteiger partial charge in [-0.2, -0.15) is 13.2 Å². The predicted molar refractivity (Wildman–Crippen MR) is 129 cm³/mol. The molecule has 0 aliphatic carbocycles. The first kappa shape index (κ1) is 25.9. The van der Waals surface area contributed by atoms with Gasteiger partial charge in [0.25, 0.3) is 11.7 Å². The monoisotopic (exact) mass is 513 g/mol. The Hall–Kier alpha value is -4.14. The number of ether oxygens (including phenoxy) is 1. The van der Waals surface area contributed by atoms with Gasteiger partial charge >= 0.3 is 6.18 Å². The highest BCUT2D eigenvalue weighted by atomic mass is 19.4. The van der Waals surface area contributed by atoms with Gasteiger partial charge in [-0.05, 0) is 42.3 Å². The van der Waals surface area contributed by atoms with Crippen molar-refractivity contribution in [1.29, 1.82) is 0 Å². The van der Waals surface area contributed by atoms with E-state index in [-0.39, 0.29) is 22.7 Å². The second-order valence-corrected chi connectivity index (χ2v) is 8.97. The second kappa shape index (κ2) is 10.1. The van der Waals surface area contributed by atoms with Crippen LogP contribution in [-0.4, -0.2) is 23.4 Å². The third-order valence-corrected chi connectivity index (χ3v) is 5.79. The van der Waals surface area contributed by atoms with Crippen LogP contribution in [0.3, 0.4) is 0 Å². The molecule has 5 nitrogen and oxygen atoms in total. The fourth-order valence-corrected chi connectivity index (χ4v) is 4.07. The minimum atomic E-state index is -4.71. The van der Waals surface area contributed by atoms with Crippen molar-refractivity contribution in [2.24, 2.45) is 5.92 Å². The van der Waals surface area contributed by atoms with Crippen LogP contribution in [0, 0.1) is 11.7 Å². The van der Waals surface area contributed by atoms with Crippen molar-refractivity contribution in [2.75, 3.05) is 11.5 Å². The number of carbonyl (C=O) groups is 2. The molecule has 1 saturated heterocycles. The van der Waals surface area contributed by atoms with Crippen LogP contribution in [0.4, 0.5) is 23.2 Å². The van der Waals surface area contributed by atoms with E-state index in [9.17, 15) is 32.3 Å². The zero-order valence-electron chi connectivity index (χ0n) is 19.9. The summed E-state index contributed by atoms with van der Waals surface area (Å²) < 4.78 is 60.8. The maximum atomic E-state index is 15.0. The molecule has 0 aromatic heterocycles. The third kappa shape index (κ3) is 5.21. The van der Waals surface area contributed by atoms with Crippen LogP contribution in [0.5, 0.6) is 5.75 Å². The number of carbonyl (C=O) groups excluding carboxylic acids is 2. The molecule has 192 valence electrons. The highest BCUT2D eigenvalue weighted by Crippen LogP contribution is 2.44. The van der Waals surface area contributed by atoms with Gasteiger partial charge in [0.1, 0.15) is 17.3 Å². The molecule has 0 saturated carbocycles. The molecule has 1 fully saturated rings. The van der Waals surface area contributed by atoms with Gasteiger partial charge in [-0.1, -0.05) is 50.2 Å². The molecule has 1 N–H and O–H groups in total. The first-order valence-corrected chi connectivity index (χ1v) is 11.4. The standard InChI is InChI=1S/C28H23F4NO4/c1-16(2)15-37-20-10-5-7-17(13-20)25(34)23-24(21-11-3-4-12-22(21)29)33(27(36)26(23)35)19-9-6-8-18(14-19)28(30,31)32/h3-14,16,24,34H,15H2,1-2H3/b25-23+. The van der Waals surface area contributed by atoms with Gasteiger partial charge in [0.2, 0.25) is 0 Å². The van der Waals surface area contributed by atoms with E-state index in [4.69, 9.17) is 4.74 Å². The fraction of sp³-hybridized carbons (Fsp3) is 0.214. The number of ketones is 1. The lowest BCUT2D eigenvalue weighted by molar-refractivity contribution is -0.137. The summed E-state index contributed by atoms with van der Waals surface area (Å²) in [5.41, 5.74) is -1.79. The van der Waals surface area contributed by atoms with Gasteiger partial charge in [0, 0.05) is 16.8 Å². The van der Waals surface area contributed by atoms with Gasteiger partial charge in [-0.15, -0.1) is 0 Å². The zero-order valence-corrected chi connectivity index (χ0v) is 19.9. The summed E-state index contributed by atoms with van der Waals surface area (Å²) >= 11 is 0. The minimum Gasteiger partial charge on any atom is -0.507 e. The number of hydrogen-bond acceptors (Lipinski definition) is 4. The quantitative estimate of drug-likeness (QED) is 0.177. The van der Waals surface area contributed by atoms with E-state index in [0.717, 1.165) is 23.1 Å². The molecule has 1 unspecified atom stereocenters. The Kier molecular flexibility index (Phi) is 7.07. The maximum Gasteiger partial charge on any atom is 0.416 e. The summed E-state index contributed by atoms with van der Waals surface area (Å²) in [4.78, 5) is 27.1. The summed E-state index contributed by atoms with van der Waals surface area (Å²) in [6.07, 6.45) is -4.71. The minimum absolute atomic E-state index is 0.129.